The van der Waals surface area contributed by atoms with E-state index >= 15 is 0 Å². The van der Waals surface area contributed by atoms with Crippen molar-refractivity contribution in [2.45, 2.75) is 26.3 Å². The average molecular weight is 1030 g/mol. The predicted octanol–water partition coefficient (Wildman–Crippen LogP) is 6.67. The van der Waals surface area contributed by atoms with Gasteiger partial charge in [0.1, 0.15) is 30.1 Å². The SMILES string of the molecule is CC(F)n1cc(-n2cnc3c(NCc4nc5cc(Cl)c(Cl)cc5[nH]4)nc(N4CCOCC4)nc32)cn1.COc1cc2nc(CNc3nc(N4CCOCC4)nc4c3ncn4-c3cnn(C)c3)[nH]c2cc1Cl. The first-order chi connectivity index (χ1) is 34.5. The second-order valence-electron chi connectivity index (χ2n) is 16.5. The van der Waals surface area contributed by atoms with Gasteiger partial charge in [-0.2, -0.15) is 30.1 Å². The van der Waals surface area contributed by atoms with Crippen LogP contribution in [-0.4, -0.2) is 138 Å². The van der Waals surface area contributed by atoms with Crippen LogP contribution in [0.2, 0.25) is 15.1 Å². The highest BCUT2D eigenvalue weighted by Gasteiger charge is 2.23. The van der Waals surface area contributed by atoms with Gasteiger partial charge in [-0.25, -0.2) is 29.0 Å². The van der Waals surface area contributed by atoms with Gasteiger partial charge in [0.15, 0.2) is 40.3 Å². The molecule has 0 bridgehead atoms. The molecule has 10 aromatic rings. The highest BCUT2D eigenvalue weighted by molar-refractivity contribution is 6.42. The fourth-order valence-electron chi connectivity index (χ4n) is 8.17. The van der Waals surface area contributed by atoms with Crippen LogP contribution in [0.1, 0.15) is 24.9 Å². The second kappa shape index (κ2) is 19.4. The molecule has 2 aromatic carbocycles. The summed E-state index contributed by atoms with van der Waals surface area (Å²) < 4.78 is 36.7. The minimum Gasteiger partial charge on any atom is -0.495 e. The van der Waals surface area contributed by atoms with Gasteiger partial charge in [-0.05, 0) is 25.1 Å². The largest absolute Gasteiger partial charge is 0.495 e. The number of aromatic nitrogens is 16. The smallest absolute Gasteiger partial charge is 0.229 e. The molecule has 4 N–H and O–H groups in total. The Morgan fingerprint density at radius 2 is 1.18 bits per heavy atom. The van der Waals surface area contributed by atoms with Crippen LogP contribution < -0.4 is 25.2 Å². The number of hydrogen-bond donors (Lipinski definition) is 4. The Hall–Kier alpha value is -7.38. The molecule has 1 unspecified atom stereocenters. The van der Waals surface area contributed by atoms with Gasteiger partial charge < -0.3 is 44.6 Å². The lowest BCUT2D eigenvalue weighted by atomic mass is 10.3. The first kappa shape index (κ1) is 46.0. The van der Waals surface area contributed by atoms with Crippen LogP contribution >= 0.6 is 34.8 Å². The second-order valence-corrected chi connectivity index (χ2v) is 17.7. The van der Waals surface area contributed by atoms with Crippen molar-refractivity contribution in [2.75, 3.05) is 80.1 Å². The van der Waals surface area contributed by atoms with Crippen molar-refractivity contribution < 1.29 is 18.6 Å². The topological polar surface area (TPSA) is 238 Å². The minimum atomic E-state index is -1.25. The zero-order valence-electron chi connectivity index (χ0n) is 38.3. The van der Waals surface area contributed by atoms with Gasteiger partial charge in [-0.3, -0.25) is 13.8 Å². The number of ether oxygens (including phenoxy) is 3. The van der Waals surface area contributed by atoms with Crippen LogP contribution in [0, 0.1) is 0 Å². The van der Waals surface area contributed by atoms with Gasteiger partial charge in [-0.15, -0.1) is 0 Å². The summed E-state index contributed by atoms with van der Waals surface area (Å²) >= 11 is 18.5. The first-order valence-corrected chi connectivity index (χ1v) is 23.5. The maximum Gasteiger partial charge on any atom is 0.229 e. The number of anilines is 4. The summed E-state index contributed by atoms with van der Waals surface area (Å²) in [6.45, 7) is 7.41. The molecule has 23 nitrogen and oxygen atoms in total. The summed E-state index contributed by atoms with van der Waals surface area (Å²) in [5.41, 5.74) is 7.10. The van der Waals surface area contributed by atoms with Crippen molar-refractivity contribution in [1.29, 1.82) is 0 Å². The number of H-pyrrole nitrogens is 2. The molecule has 10 heterocycles. The molecule has 27 heteroatoms. The van der Waals surface area contributed by atoms with Crippen LogP contribution in [0.3, 0.4) is 0 Å². The number of fused-ring (bicyclic) bond motifs is 4. The minimum absolute atomic E-state index is 0.350. The zero-order chi connectivity index (χ0) is 48.8. The maximum atomic E-state index is 13.8. The predicted molar refractivity (Wildman–Crippen MR) is 266 cm³/mol. The van der Waals surface area contributed by atoms with E-state index in [2.05, 4.69) is 60.5 Å². The molecule has 0 amide bonds. The number of hydrogen-bond acceptors (Lipinski definition) is 17. The molecule has 0 spiro atoms. The number of nitrogens with one attached hydrogen (secondary N) is 4. The van der Waals surface area contributed by atoms with Gasteiger partial charge in [0, 0.05) is 45.5 Å². The number of aromatic amines is 2. The molecule has 1 atom stereocenters. The van der Waals surface area contributed by atoms with Crippen molar-refractivity contribution in [1.82, 2.24) is 78.5 Å². The number of imidazole rings is 4. The number of aryl methyl sites for hydroxylation is 1. The molecule has 12 rings (SSSR count). The van der Waals surface area contributed by atoms with E-state index < -0.39 is 6.30 Å². The van der Waals surface area contributed by atoms with E-state index in [0.717, 1.165) is 41.2 Å². The van der Waals surface area contributed by atoms with Crippen molar-refractivity contribution in [3.8, 4) is 17.1 Å². The lowest BCUT2D eigenvalue weighted by Gasteiger charge is -2.27. The first-order valence-electron chi connectivity index (χ1n) is 22.4. The maximum absolute atomic E-state index is 13.8. The number of methoxy groups -OCH3 is 1. The molecule has 2 saturated heterocycles. The van der Waals surface area contributed by atoms with Gasteiger partial charge in [0.2, 0.25) is 11.9 Å². The highest BCUT2D eigenvalue weighted by Crippen LogP contribution is 2.31. The molecule has 8 aromatic heterocycles. The van der Waals surface area contributed by atoms with E-state index in [1.807, 2.05) is 23.9 Å². The summed E-state index contributed by atoms with van der Waals surface area (Å²) in [6.07, 6.45) is 8.99. The molecule has 0 saturated carbocycles. The lowest BCUT2D eigenvalue weighted by Crippen LogP contribution is -2.37. The number of morpholine rings is 2. The lowest BCUT2D eigenvalue weighted by molar-refractivity contribution is 0.122. The van der Waals surface area contributed by atoms with Crippen molar-refractivity contribution in [3.05, 3.63) is 88.4 Å². The van der Waals surface area contributed by atoms with Crippen LogP contribution in [-0.2, 0) is 29.6 Å². The number of halogens is 4. The average Bonchev–Trinajstić information content (AvgIpc) is 4.26. The summed E-state index contributed by atoms with van der Waals surface area (Å²) in [5.74, 6) is 4.33. The summed E-state index contributed by atoms with van der Waals surface area (Å²) in [4.78, 5) is 48.4. The van der Waals surface area contributed by atoms with E-state index in [4.69, 9.17) is 68.9 Å². The standard InChI is InChI=1S/C22H21Cl2FN10O.C22H23ClN10O2/c1-12(25)35-10-13(8-28-35)34-11-27-19-20(31-22(32-21(19)34)33-2-4-36-5-3-33)26-9-18-29-16-6-14(23)15(24)7-17(16)30-18;1-31-11-13(9-26-31)33-12-25-19-20(29-22(30-21(19)33)32-3-5-35-6-4-32)24-10-18-27-15-7-14(23)17(34-2)8-16(15)28-18/h6-8,10-12H,2-5,9H2,1H3,(H,29,30)(H,26,31,32);7-9,11-12H,3-6,10H2,1-2H3,(H,27,28)(H,24,29,30). The van der Waals surface area contributed by atoms with Crippen LogP contribution in [0.25, 0.3) is 55.8 Å². The van der Waals surface area contributed by atoms with Crippen molar-refractivity contribution in [3.63, 3.8) is 0 Å². The van der Waals surface area contributed by atoms with Crippen LogP contribution in [0.4, 0.5) is 27.9 Å². The van der Waals surface area contributed by atoms with E-state index in [0.29, 0.717) is 136 Å². The number of nitrogens with zero attached hydrogens (tertiary/aromatic N) is 16. The van der Waals surface area contributed by atoms with Crippen molar-refractivity contribution in [2.24, 2.45) is 7.05 Å². The Kier molecular flexibility index (Phi) is 12.6. The van der Waals surface area contributed by atoms with Gasteiger partial charge in [0.25, 0.3) is 0 Å². The van der Waals surface area contributed by atoms with E-state index in [1.54, 1.807) is 65.8 Å². The van der Waals surface area contributed by atoms with Crippen LogP contribution in [0.15, 0.2) is 61.7 Å². The fourth-order valence-corrected chi connectivity index (χ4v) is 8.73. The highest BCUT2D eigenvalue weighted by atomic mass is 35.5. The molecular formula is C44H44Cl3FN20O3. The van der Waals surface area contributed by atoms with Gasteiger partial charge in [-0.1, -0.05) is 34.8 Å². The summed E-state index contributed by atoms with van der Waals surface area (Å²) in [7, 11) is 3.46. The van der Waals surface area contributed by atoms with Gasteiger partial charge >= 0.3 is 0 Å². The quantitative estimate of drug-likeness (QED) is 0.1000. The van der Waals surface area contributed by atoms with E-state index in [1.165, 1.54) is 11.6 Å². The third-order valence-corrected chi connectivity index (χ3v) is 12.8. The van der Waals surface area contributed by atoms with E-state index in [-0.39, 0.29) is 0 Å². The molecule has 2 aliphatic rings. The summed E-state index contributed by atoms with van der Waals surface area (Å²) in [5, 5.41) is 16.5. The molecule has 71 heavy (non-hydrogen) atoms. The Morgan fingerprint density at radius 1 is 0.676 bits per heavy atom. The molecule has 0 radical (unpaired) electrons. The Morgan fingerprint density at radius 3 is 1.69 bits per heavy atom. The molecule has 2 aliphatic heterocycles. The van der Waals surface area contributed by atoms with Crippen LogP contribution in [0.5, 0.6) is 5.75 Å². The Balaban J connectivity index is 0.000000154. The Labute approximate surface area is 417 Å². The Bertz CT molecular complexity index is 3500. The molecule has 2 fully saturated rings. The normalized spacial score (nSPS) is 14.7. The number of benzene rings is 2. The summed E-state index contributed by atoms with van der Waals surface area (Å²) in [6, 6.07) is 7.09. The molecule has 0 aliphatic carbocycles. The third-order valence-electron chi connectivity index (χ3n) is 11.8. The molecule has 366 valence electrons. The zero-order valence-corrected chi connectivity index (χ0v) is 40.6. The molecular weight excluding hydrogens is 982 g/mol. The third kappa shape index (κ3) is 9.38. The van der Waals surface area contributed by atoms with Crippen molar-refractivity contribution >= 4 is 103 Å². The number of alkyl halides is 1. The number of rotatable bonds is 12. The fraction of sp³-hybridized carbons (Fsp3) is 0.318. The van der Waals surface area contributed by atoms with Gasteiger partial charge in [0.05, 0.1) is 114 Å². The van der Waals surface area contributed by atoms with E-state index in [9.17, 15) is 4.39 Å². The monoisotopic (exact) mass is 1020 g/mol.